The van der Waals surface area contributed by atoms with E-state index in [4.69, 9.17) is 4.74 Å². The molecule has 0 bridgehead atoms. The van der Waals surface area contributed by atoms with Crippen LogP contribution in [0.15, 0.2) is 60.9 Å². The lowest BCUT2D eigenvalue weighted by Crippen LogP contribution is -2.30. The highest BCUT2D eigenvalue weighted by molar-refractivity contribution is 5.91. The van der Waals surface area contributed by atoms with E-state index in [-0.39, 0.29) is 18.4 Å². The number of pyridine rings is 1. The molecule has 2 aromatic carbocycles. The summed E-state index contributed by atoms with van der Waals surface area (Å²) in [4.78, 5) is 41.2. The molecule has 8 heteroatoms. The number of aryl methyl sites for hydroxylation is 1. The van der Waals surface area contributed by atoms with E-state index in [2.05, 4.69) is 31.3 Å². The average Bonchev–Trinajstić information content (AvgIpc) is 3.60. The quantitative estimate of drug-likeness (QED) is 0.140. The van der Waals surface area contributed by atoms with Crippen LogP contribution in [0.4, 0.5) is 0 Å². The Morgan fingerprint density at radius 3 is 2.68 bits per heavy atom. The van der Waals surface area contributed by atoms with Gasteiger partial charge in [0.2, 0.25) is 5.91 Å². The van der Waals surface area contributed by atoms with Crippen molar-refractivity contribution < 1.29 is 14.3 Å². The number of aromatic amines is 2. The van der Waals surface area contributed by atoms with Crippen molar-refractivity contribution in [3.63, 3.8) is 0 Å². The second-order valence-electron chi connectivity index (χ2n) is 10.5. The lowest BCUT2D eigenvalue weighted by atomic mass is 10.0. The van der Waals surface area contributed by atoms with Crippen LogP contribution in [0.2, 0.25) is 0 Å². The zero-order chi connectivity index (χ0) is 28.8. The van der Waals surface area contributed by atoms with Gasteiger partial charge in [0.15, 0.2) is 0 Å². The summed E-state index contributed by atoms with van der Waals surface area (Å²) < 4.78 is 5.41. The van der Waals surface area contributed by atoms with Crippen LogP contribution in [0, 0.1) is 6.92 Å². The second-order valence-corrected chi connectivity index (χ2v) is 10.5. The highest BCUT2D eigenvalue weighted by atomic mass is 16.5. The number of aromatic nitrogens is 4. The van der Waals surface area contributed by atoms with Crippen molar-refractivity contribution in [1.29, 1.82) is 0 Å². The van der Waals surface area contributed by atoms with E-state index in [0.717, 1.165) is 75.8 Å². The van der Waals surface area contributed by atoms with Crippen LogP contribution >= 0.6 is 0 Å². The van der Waals surface area contributed by atoms with Crippen LogP contribution in [-0.4, -0.2) is 38.7 Å². The standard InChI is InChI=1S/C33H37N5O3/c1-4-24(39)11-6-5-7-13-30(33-35-20-31(38-33)23-16-22-10-8-9-12-28(22)34-19-23)37-32(40)18-26-21(2)36-29-15-14-25(41-3)17-27(26)29/h8-10,12,14-17,19-20,30,36H,4-7,11,13,18H2,1-3H3,(H,35,38)(H,37,40)/t30-/m0/s1. The number of Topliss-reactive ketones (excluding diaryl/α,β-unsaturated/α-hetero) is 1. The van der Waals surface area contributed by atoms with E-state index < -0.39 is 0 Å². The molecule has 0 aliphatic carbocycles. The largest absolute Gasteiger partial charge is 0.497 e. The number of unbranched alkanes of at least 4 members (excludes halogenated alkanes) is 2. The molecule has 0 aliphatic heterocycles. The van der Waals surface area contributed by atoms with Crippen molar-refractivity contribution in [2.24, 2.45) is 0 Å². The van der Waals surface area contributed by atoms with Crippen molar-refractivity contribution in [3.05, 3.63) is 78.0 Å². The number of amides is 1. The normalized spacial score (nSPS) is 12.1. The first-order valence-corrected chi connectivity index (χ1v) is 14.3. The SMILES string of the molecule is CCC(=O)CCCCC[C@H](NC(=O)Cc1c(C)[nH]c2ccc(OC)cc12)c1ncc(-c2cnc3ccccc3c2)[nH]1. The lowest BCUT2D eigenvalue weighted by Gasteiger charge is -2.17. The smallest absolute Gasteiger partial charge is 0.225 e. The summed E-state index contributed by atoms with van der Waals surface area (Å²) in [7, 11) is 1.64. The molecule has 8 nitrogen and oxygen atoms in total. The first-order valence-electron chi connectivity index (χ1n) is 14.3. The molecule has 0 unspecified atom stereocenters. The van der Waals surface area contributed by atoms with Crippen LogP contribution in [0.3, 0.4) is 0 Å². The first-order chi connectivity index (χ1) is 19.9. The summed E-state index contributed by atoms with van der Waals surface area (Å²) in [5, 5.41) is 5.28. The van der Waals surface area contributed by atoms with E-state index in [1.165, 1.54) is 0 Å². The van der Waals surface area contributed by atoms with E-state index in [9.17, 15) is 9.59 Å². The molecule has 0 radical (unpaired) electrons. The Morgan fingerprint density at radius 2 is 1.85 bits per heavy atom. The number of carbonyl (C=O) groups excluding carboxylic acids is 2. The Bertz CT molecular complexity index is 1670. The number of ketones is 1. The van der Waals surface area contributed by atoms with Crippen LogP contribution in [0.25, 0.3) is 33.1 Å². The number of hydrogen-bond donors (Lipinski definition) is 3. The van der Waals surface area contributed by atoms with Gasteiger partial charge in [-0.25, -0.2) is 4.98 Å². The molecule has 0 saturated heterocycles. The maximum absolute atomic E-state index is 13.4. The molecule has 3 heterocycles. The minimum atomic E-state index is -0.286. The van der Waals surface area contributed by atoms with Crippen molar-refractivity contribution in [2.45, 2.75) is 64.8 Å². The predicted molar refractivity (Wildman–Crippen MR) is 162 cm³/mol. The molecule has 5 aromatic rings. The predicted octanol–water partition coefficient (Wildman–Crippen LogP) is 6.75. The average molecular weight is 552 g/mol. The van der Waals surface area contributed by atoms with Gasteiger partial charge < -0.3 is 20.0 Å². The van der Waals surface area contributed by atoms with Gasteiger partial charge >= 0.3 is 0 Å². The fourth-order valence-electron chi connectivity index (χ4n) is 5.30. The second kappa shape index (κ2) is 12.8. The fourth-order valence-corrected chi connectivity index (χ4v) is 5.30. The Balaban J connectivity index is 1.34. The summed E-state index contributed by atoms with van der Waals surface area (Å²) >= 11 is 0. The molecule has 3 aromatic heterocycles. The molecule has 3 N–H and O–H groups in total. The topological polar surface area (TPSA) is 113 Å². The molecule has 41 heavy (non-hydrogen) atoms. The Labute approximate surface area is 239 Å². The molecule has 212 valence electrons. The summed E-state index contributed by atoms with van der Waals surface area (Å²) in [5.74, 6) is 1.68. The van der Waals surface area contributed by atoms with Crippen molar-refractivity contribution in [3.8, 4) is 17.0 Å². The molecule has 5 rings (SSSR count). The van der Waals surface area contributed by atoms with Gasteiger partial charge in [-0.3, -0.25) is 14.6 Å². The minimum Gasteiger partial charge on any atom is -0.497 e. The molecule has 0 saturated carbocycles. The van der Waals surface area contributed by atoms with E-state index >= 15 is 0 Å². The summed E-state index contributed by atoms with van der Waals surface area (Å²) in [5.41, 5.74) is 5.62. The lowest BCUT2D eigenvalue weighted by molar-refractivity contribution is -0.121. The van der Waals surface area contributed by atoms with Gasteiger partial charge in [-0.15, -0.1) is 0 Å². The van der Waals surface area contributed by atoms with Crippen molar-refractivity contribution in [2.75, 3.05) is 7.11 Å². The monoisotopic (exact) mass is 551 g/mol. The number of H-pyrrole nitrogens is 2. The summed E-state index contributed by atoms with van der Waals surface area (Å²) in [6, 6.07) is 15.7. The highest BCUT2D eigenvalue weighted by Crippen LogP contribution is 2.28. The highest BCUT2D eigenvalue weighted by Gasteiger charge is 2.21. The summed E-state index contributed by atoms with van der Waals surface area (Å²) in [6.07, 6.45) is 8.43. The zero-order valence-electron chi connectivity index (χ0n) is 23.9. The Morgan fingerprint density at radius 1 is 1.00 bits per heavy atom. The molecule has 0 aliphatic rings. The van der Waals surface area contributed by atoms with E-state index in [1.54, 1.807) is 13.3 Å². The molecule has 1 atom stereocenters. The zero-order valence-corrected chi connectivity index (χ0v) is 23.9. The molecular formula is C33H37N5O3. The molecule has 0 spiro atoms. The molecule has 0 fully saturated rings. The Kier molecular flexibility index (Phi) is 8.77. The number of rotatable bonds is 13. The van der Waals surface area contributed by atoms with Gasteiger partial charge in [0.05, 0.1) is 37.0 Å². The van der Waals surface area contributed by atoms with Gasteiger partial charge in [-0.2, -0.15) is 0 Å². The number of carbonyl (C=O) groups is 2. The maximum atomic E-state index is 13.4. The summed E-state index contributed by atoms with van der Waals surface area (Å²) in [6.45, 7) is 3.89. The fraction of sp³-hybridized carbons (Fsp3) is 0.333. The van der Waals surface area contributed by atoms with Crippen LogP contribution in [0.5, 0.6) is 5.75 Å². The van der Waals surface area contributed by atoms with Crippen molar-refractivity contribution in [1.82, 2.24) is 25.3 Å². The minimum absolute atomic E-state index is 0.0756. The number of benzene rings is 2. The van der Waals surface area contributed by atoms with E-state index in [1.807, 2.05) is 62.5 Å². The number of imidazole rings is 1. The third kappa shape index (κ3) is 6.65. The Hall–Kier alpha value is -4.46. The van der Waals surface area contributed by atoms with Gasteiger partial charge in [-0.05, 0) is 55.7 Å². The van der Waals surface area contributed by atoms with Gasteiger partial charge in [0, 0.05) is 46.6 Å². The number of nitrogens with zero attached hydrogens (tertiary/aromatic N) is 2. The number of hydrogen-bond acceptors (Lipinski definition) is 5. The van der Waals surface area contributed by atoms with Crippen LogP contribution in [0.1, 0.15) is 68.6 Å². The van der Waals surface area contributed by atoms with Crippen molar-refractivity contribution >= 4 is 33.5 Å². The molecule has 1 amide bonds. The van der Waals surface area contributed by atoms with Crippen LogP contribution in [-0.2, 0) is 16.0 Å². The maximum Gasteiger partial charge on any atom is 0.225 e. The van der Waals surface area contributed by atoms with Gasteiger partial charge in [0.25, 0.3) is 0 Å². The number of nitrogens with one attached hydrogen (secondary N) is 3. The third-order valence-electron chi connectivity index (χ3n) is 7.67. The van der Waals surface area contributed by atoms with Crippen LogP contribution < -0.4 is 10.1 Å². The van der Waals surface area contributed by atoms with E-state index in [0.29, 0.717) is 24.4 Å². The number of ether oxygens (including phenoxy) is 1. The number of methoxy groups -OCH3 is 1. The third-order valence-corrected chi connectivity index (χ3v) is 7.67. The van der Waals surface area contributed by atoms with Gasteiger partial charge in [0.1, 0.15) is 17.4 Å². The number of fused-ring (bicyclic) bond motifs is 2. The molecular weight excluding hydrogens is 514 g/mol. The first kappa shape index (κ1) is 28.1. The number of para-hydroxylation sites is 1. The van der Waals surface area contributed by atoms with Gasteiger partial charge in [-0.1, -0.05) is 38.0 Å².